The van der Waals surface area contributed by atoms with Crippen LogP contribution in [0.4, 0.5) is 0 Å². The second-order valence-electron chi connectivity index (χ2n) is 6.21. The molecule has 4 rings (SSSR count). The highest BCUT2D eigenvalue weighted by atomic mass is 79.9. The summed E-state index contributed by atoms with van der Waals surface area (Å²) in [5, 5.41) is 0. The van der Waals surface area contributed by atoms with Crippen LogP contribution in [0.15, 0.2) is 89.4 Å². The van der Waals surface area contributed by atoms with Gasteiger partial charge in [-0.3, -0.25) is 0 Å². The SMILES string of the molecule is Cc1cccc(-c2cc(-c3cccc(Br)c3)nc(-c3ccccc3)n2)c1. The monoisotopic (exact) mass is 400 g/mol. The molecule has 0 atom stereocenters. The predicted molar refractivity (Wildman–Crippen MR) is 111 cm³/mol. The van der Waals surface area contributed by atoms with Crippen molar-refractivity contribution in [1.29, 1.82) is 0 Å². The summed E-state index contributed by atoms with van der Waals surface area (Å²) in [5.41, 5.74) is 6.23. The van der Waals surface area contributed by atoms with Crippen molar-refractivity contribution in [3.8, 4) is 33.9 Å². The molecule has 1 heterocycles. The third-order valence-electron chi connectivity index (χ3n) is 4.19. The van der Waals surface area contributed by atoms with Crippen molar-refractivity contribution in [2.45, 2.75) is 6.92 Å². The van der Waals surface area contributed by atoms with Crippen LogP contribution in [-0.4, -0.2) is 9.97 Å². The fourth-order valence-electron chi connectivity index (χ4n) is 2.91. The van der Waals surface area contributed by atoms with Gasteiger partial charge in [0, 0.05) is 21.2 Å². The molecule has 3 aromatic carbocycles. The van der Waals surface area contributed by atoms with Crippen LogP contribution in [0.2, 0.25) is 0 Å². The van der Waals surface area contributed by atoms with Crippen LogP contribution in [0.3, 0.4) is 0 Å². The lowest BCUT2D eigenvalue weighted by molar-refractivity contribution is 1.18. The largest absolute Gasteiger partial charge is 0.228 e. The maximum absolute atomic E-state index is 4.84. The van der Waals surface area contributed by atoms with E-state index in [1.165, 1.54) is 5.56 Å². The predicted octanol–water partition coefficient (Wildman–Crippen LogP) is 6.55. The Labute approximate surface area is 161 Å². The molecule has 0 aliphatic heterocycles. The molecule has 0 unspecified atom stereocenters. The van der Waals surface area contributed by atoms with Crippen molar-refractivity contribution < 1.29 is 0 Å². The lowest BCUT2D eigenvalue weighted by Gasteiger charge is -2.10. The molecular weight excluding hydrogens is 384 g/mol. The maximum Gasteiger partial charge on any atom is 0.160 e. The summed E-state index contributed by atoms with van der Waals surface area (Å²) in [6, 6.07) is 28.8. The number of aromatic nitrogens is 2. The topological polar surface area (TPSA) is 25.8 Å². The Bertz CT molecular complexity index is 995. The van der Waals surface area contributed by atoms with E-state index in [-0.39, 0.29) is 0 Å². The third-order valence-corrected chi connectivity index (χ3v) is 4.69. The van der Waals surface area contributed by atoms with Gasteiger partial charge in [0.2, 0.25) is 0 Å². The van der Waals surface area contributed by atoms with E-state index in [0.717, 1.165) is 38.4 Å². The smallest absolute Gasteiger partial charge is 0.160 e. The average Bonchev–Trinajstić information content (AvgIpc) is 2.68. The van der Waals surface area contributed by atoms with Crippen LogP contribution >= 0.6 is 15.9 Å². The standard InChI is InChI=1S/C23H17BrN2/c1-16-7-5-10-18(13-16)21-15-22(19-11-6-12-20(24)14-19)26-23(25-21)17-8-3-2-4-9-17/h2-15H,1H3. The molecular formula is C23H17BrN2. The van der Waals surface area contributed by atoms with Gasteiger partial charge in [0.1, 0.15) is 0 Å². The van der Waals surface area contributed by atoms with Gasteiger partial charge in [-0.15, -0.1) is 0 Å². The number of rotatable bonds is 3. The Morgan fingerprint density at radius 1 is 0.615 bits per heavy atom. The van der Waals surface area contributed by atoms with Gasteiger partial charge in [-0.05, 0) is 31.2 Å². The minimum atomic E-state index is 0.736. The van der Waals surface area contributed by atoms with Crippen molar-refractivity contribution in [3.63, 3.8) is 0 Å². The zero-order valence-corrected chi connectivity index (χ0v) is 15.9. The highest BCUT2D eigenvalue weighted by molar-refractivity contribution is 9.10. The molecule has 0 amide bonds. The molecule has 0 radical (unpaired) electrons. The first-order valence-corrected chi connectivity index (χ1v) is 9.26. The molecule has 3 heteroatoms. The number of halogens is 1. The summed E-state index contributed by atoms with van der Waals surface area (Å²) >= 11 is 3.55. The quantitative estimate of drug-likeness (QED) is 0.389. The summed E-state index contributed by atoms with van der Waals surface area (Å²) in [6.07, 6.45) is 0. The zero-order chi connectivity index (χ0) is 17.9. The highest BCUT2D eigenvalue weighted by Crippen LogP contribution is 2.28. The Kier molecular flexibility index (Phi) is 4.63. The van der Waals surface area contributed by atoms with Crippen LogP contribution < -0.4 is 0 Å². The molecule has 2 nitrogen and oxygen atoms in total. The molecule has 0 aliphatic carbocycles. The van der Waals surface area contributed by atoms with Gasteiger partial charge in [-0.25, -0.2) is 9.97 Å². The molecule has 0 fully saturated rings. The van der Waals surface area contributed by atoms with Crippen molar-refractivity contribution in [2.24, 2.45) is 0 Å². The summed E-state index contributed by atoms with van der Waals surface area (Å²) in [5.74, 6) is 0.736. The summed E-state index contributed by atoms with van der Waals surface area (Å²) in [7, 11) is 0. The van der Waals surface area contributed by atoms with E-state index in [2.05, 4.69) is 65.3 Å². The second kappa shape index (κ2) is 7.22. The van der Waals surface area contributed by atoms with Gasteiger partial charge in [0.05, 0.1) is 11.4 Å². The summed E-state index contributed by atoms with van der Waals surface area (Å²) in [6.45, 7) is 2.10. The molecule has 126 valence electrons. The van der Waals surface area contributed by atoms with Crippen LogP contribution in [0, 0.1) is 6.92 Å². The Balaban J connectivity index is 1.93. The van der Waals surface area contributed by atoms with Crippen molar-refractivity contribution in [2.75, 3.05) is 0 Å². The summed E-state index contributed by atoms with van der Waals surface area (Å²) in [4.78, 5) is 9.67. The average molecular weight is 401 g/mol. The maximum atomic E-state index is 4.84. The van der Waals surface area contributed by atoms with E-state index in [4.69, 9.17) is 9.97 Å². The molecule has 0 aliphatic rings. The number of benzene rings is 3. The molecule has 26 heavy (non-hydrogen) atoms. The molecule has 0 saturated carbocycles. The number of aryl methyl sites for hydroxylation is 1. The van der Waals surface area contributed by atoms with Crippen LogP contribution in [0.25, 0.3) is 33.9 Å². The number of hydrogen-bond donors (Lipinski definition) is 0. The molecule has 0 saturated heterocycles. The fraction of sp³-hybridized carbons (Fsp3) is 0.0435. The van der Waals surface area contributed by atoms with E-state index >= 15 is 0 Å². The minimum absolute atomic E-state index is 0.736. The highest BCUT2D eigenvalue weighted by Gasteiger charge is 2.10. The van der Waals surface area contributed by atoms with Crippen molar-refractivity contribution >= 4 is 15.9 Å². The van der Waals surface area contributed by atoms with Crippen LogP contribution in [0.5, 0.6) is 0 Å². The van der Waals surface area contributed by atoms with E-state index in [1.807, 2.05) is 42.5 Å². The Morgan fingerprint density at radius 2 is 1.23 bits per heavy atom. The first-order valence-electron chi connectivity index (χ1n) is 8.46. The molecule has 0 bridgehead atoms. The lowest BCUT2D eigenvalue weighted by atomic mass is 10.0. The molecule has 1 aromatic heterocycles. The fourth-order valence-corrected chi connectivity index (χ4v) is 3.31. The summed E-state index contributed by atoms with van der Waals surface area (Å²) < 4.78 is 1.03. The van der Waals surface area contributed by atoms with Crippen LogP contribution in [-0.2, 0) is 0 Å². The van der Waals surface area contributed by atoms with Gasteiger partial charge in [0.25, 0.3) is 0 Å². The first kappa shape index (κ1) is 16.7. The zero-order valence-electron chi connectivity index (χ0n) is 14.4. The Hall–Kier alpha value is -2.78. The Morgan fingerprint density at radius 3 is 1.88 bits per heavy atom. The van der Waals surface area contributed by atoms with E-state index in [9.17, 15) is 0 Å². The van der Waals surface area contributed by atoms with Gasteiger partial charge in [-0.1, -0.05) is 82.2 Å². The van der Waals surface area contributed by atoms with Gasteiger partial charge in [0.15, 0.2) is 5.82 Å². The molecule has 0 N–H and O–H groups in total. The van der Waals surface area contributed by atoms with Gasteiger partial charge >= 0.3 is 0 Å². The number of hydrogen-bond acceptors (Lipinski definition) is 2. The van der Waals surface area contributed by atoms with E-state index < -0.39 is 0 Å². The molecule has 4 aromatic rings. The number of nitrogens with zero attached hydrogens (tertiary/aromatic N) is 2. The van der Waals surface area contributed by atoms with Crippen LogP contribution in [0.1, 0.15) is 5.56 Å². The van der Waals surface area contributed by atoms with Crippen molar-refractivity contribution in [3.05, 3.63) is 95.0 Å². The van der Waals surface area contributed by atoms with Gasteiger partial charge in [-0.2, -0.15) is 0 Å². The second-order valence-corrected chi connectivity index (χ2v) is 7.12. The normalized spacial score (nSPS) is 10.7. The first-order chi connectivity index (χ1) is 12.7. The van der Waals surface area contributed by atoms with Crippen molar-refractivity contribution in [1.82, 2.24) is 9.97 Å². The third kappa shape index (κ3) is 3.58. The van der Waals surface area contributed by atoms with Gasteiger partial charge < -0.3 is 0 Å². The minimum Gasteiger partial charge on any atom is -0.228 e. The molecule has 0 spiro atoms. The lowest BCUT2D eigenvalue weighted by Crippen LogP contribution is -1.96. The van der Waals surface area contributed by atoms with E-state index in [1.54, 1.807) is 0 Å². The van der Waals surface area contributed by atoms with E-state index in [0.29, 0.717) is 0 Å².